The van der Waals surface area contributed by atoms with Crippen LogP contribution < -0.4 is 0 Å². The van der Waals surface area contributed by atoms with Gasteiger partial charge in [0.1, 0.15) is 5.82 Å². The van der Waals surface area contributed by atoms with Crippen LogP contribution in [-0.2, 0) is 6.42 Å². The van der Waals surface area contributed by atoms with Gasteiger partial charge < -0.3 is 5.11 Å². The predicted octanol–water partition coefficient (Wildman–Crippen LogP) is 4.34. The molecular weight excluding hydrogens is 239 g/mol. The SMILES string of the molecule is CCCC1CCC(C(O)Cc2cccc(F)c2)CC1. The Hall–Kier alpha value is -0.890. The van der Waals surface area contributed by atoms with E-state index in [4.69, 9.17) is 0 Å². The summed E-state index contributed by atoms with van der Waals surface area (Å²) in [4.78, 5) is 0. The van der Waals surface area contributed by atoms with E-state index in [2.05, 4.69) is 6.92 Å². The van der Waals surface area contributed by atoms with Gasteiger partial charge in [0.2, 0.25) is 0 Å². The molecule has 1 fully saturated rings. The first-order valence-corrected chi connectivity index (χ1v) is 7.61. The van der Waals surface area contributed by atoms with Crippen molar-refractivity contribution in [2.75, 3.05) is 0 Å². The molecule has 0 saturated heterocycles. The molecule has 1 atom stereocenters. The molecule has 2 heteroatoms. The third kappa shape index (κ3) is 4.31. The van der Waals surface area contributed by atoms with Crippen LogP contribution in [0.25, 0.3) is 0 Å². The van der Waals surface area contributed by atoms with Gasteiger partial charge in [-0.15, -0.1) is 0 Å². The van der Waals surface area contributed by atoms with Gasteiger partial charge in [0.05, 0.1) is 6.10 Å². The summed E-state index contributed by atoms with van der Waals surface area (Å²) in [6.07, 6.45) is 7.61. The summed E-state index contributed by atoms with van der Waals surface area (Å²) in [6, 6.07) is 6.60. The van der Waals surface area contributed by atoms with Crippen LogP contribution in [0.1, 0.15) is 51.0 Å². The number of hydrogen-bond donors (Lipinski definition) is 1. The lowest BCUT2D eigenvalue weighted by molar-refractivity contribution is 0.0728. The highest BCUT2D eigenvalue weighted by Gasteiger charge is 2.26. The molecule has 0 bridgehead atoms. The largest absolute Gasteiger partial charge is 0.392 e. The van der Waals surface area contributed by atoms with E-state index in [1.807, 2.05) is 6.07 Å². The Kier molecular flexibility index (Phi) is 5.38. The summed E-state index contributed by atoms with van der Waals surface area (Å²) >= 11 is 0. The zero-order chi connectivity index (χ0) is 13.7. The lowest BCUT2D eigenvalue weighted by Gasteiger charge is -2.31. The van der Waals surface area contributed by atoms with Crippen molar-refractivity contribution in [2.45, 2.75) is 58.0 Å². The Balaban J connectivity index is 1.82. The van der Waals surface area contributed by atoms with Crippen LogP contribution in [0, 0.1) is 17.7 Å². The first kappa shape index (κ1) is 14.5. The van der Waals surface area contributed by atoms with E-state index in [1.165, 1.54) is 37.8 Å². The minimum atomic E-state index is -0.315. The van der Waals surface area contributed by atoms with Gasteiger partial charge in [0.25, 0.3) is 0 Å². The fraction of sp³-hybridized carbons (Fsp3) is 0.647. The maximum Gasteiger partial charge on any atom is 0.123 e. The van der Waals surface area contributed by atoms with E-state index >= 15 is 0 Å². The summed E-state index contributed by atoms with van der Waals surface area (Å²) in [5.74, 6) is 1.05. The highest BCUT2D eigenvalue weighted by atomic mass is 19.1. The molecular formula is C17H25FO. The van der Waals surface area contributed by atoms with Gasteiger partial charge in [-0.3, -0.25) is 0 Å². The van der Waals surface area contributed by atoms with Crippen LogP contribution in [0.4, 0.5) is 4.39 Å². The number of aliphatic hydroxyl groups is 1. The maximum atomic E-state index is 13.1. The van der Waals surface area contributed by atoms with Crippen molar-refractivity contribution in [3.05, 3.63) is 35.6 Å². The Morgan fingerprint density at radius 2 is 2.00 bits per heavy atom. The third-order valence-electron chi connectivity index (χ3n) is 4.47. The monoisotopic (exact) mass is 264 g/mol. The molecule has 1 N–H and O–H groups in total. The van der Waals surface area contributed by atoms with Crippen LogP contribution in [0.3, 0.4) is 0 Å². The number of benzene rings is 1. The molecule has 1 aliphatic carbocycles. The average molecular weight is 264 g/mol. The van der Waals surface area contributed by atoms with Gasteiger partial charge in [0.15, 0.2) is 0 Å². The summed E-state index contributed by atoms with van der Waals surface area (Å²) < 4.78 is 13.1. The summed E-state index contributed by atoms with van der Waals surface area (Å²) in [6.45, 7) is 2.24. The van der Waals surface area contributed by atoms with Gasteiger partial charge in [-0.25, -0.2) is 4.39 Å². The second-order valence-electron chi connectivity index (χ2n) is 5.97. The van der Waals surface area contributed by atoms with Crippen molar-refractivity contribution < 1.29 is 9.50 Å². The van der Waals surface area contributed by atoms with Crippen LogP contribution in [-0.4, -0.2) is 11.2 Å². The van der Waals surface area contributed by atoms with E-state index < -0.39 is 0 Å². The molecule has 1 unspecified atom stereocenters. The van der Waals surface area contributed by atoms with Crippen molar-refractivity contribution in [3.8, 4) is 0 Å². The molecule has 19 heavy (non-hydrogen) atoms. The summed E-state index contributed by atoms with van der Waals surface area (Å²) in [7, 11) is 0. The molecule has 1 saturated carbocycles. The molecule has 2 rings (SSSR count). The summed E-state index contributed by atoms with van der Waals surface area (Å²) in [5, 5.41) is 10.3. The molecule has 0 amide bonds. The fourth-order valence-electron chi connectivity index (χ4n) is 3.34. The van der Waals surface area contributed by atoms with Gasteiger partial charge in [0, 0.05) is 0 Å². The Bertz CT molecular complexity index is 383. The van der Waals surface area contributed by atoms with Crippen molar-refractivity contribution in [1.29, 1.82) is 0 Å². The van der Waals surface area contributed by atoms with Crippen LogP contribution in [0.5, 0.6) is 0 Å². The second kappa shape index (κ2) is 7.04. The summed E-state index contributed by atoms with van der Waals surface area (Å²) in [5.41, 5.74) is 0.906. The Morgan fingerprint density at radius 1 is 1.26 bits per heavy atom. The number of hydrogen-bond acceptors (Lipinski definition) is 1. The zero-order valence-corrected chi connectivity index (χ0v) is 11.8. The van der Waals surface area contributed by atoms with Gasteiger partial charge >= 0.3 is 0 Å². The number of halogens is 1. The van der Waals surface area contributed by atoms with Crippen molar-refractivity contribution in [1.82, 2.24) is 0 Å². The minimum absolute atomic E-state index is 0.212. The van der Waals surface area contributed by atoms with E-state index in [0.29, 0.717) is 12.3 Å². The molecule has 0 aliphatic heterocycles. The highest BCUT2D eigenvalue weighted by molar-refractivity contribution is 5.17. The Morgan fingerprint density at radius 3 is 2.63 bits per heavy atom. The zero-order valence-electron chi connectivity index (χ0n) is 11.8. The lowest BCUT2D eigenvalue weighted by Crippen LogP contribution is -2.27. The van der Waals surface area contributed by atoms with Gasteiger partial charge in [-0.2, -0.15) is 0 Å². The smallest absolute Gasteiger partial charge is 0.123 e. The first-order valence-electron chi connectivity index (χ1n) is 7.61. The van der Waals surface area contributed by atoms with E-state index in [-0.39, 0.29) is 11.9 Å². The maximum absolute atomic E-state index is 13.1. The number of aliphatic hydroxyl groups excluding tert-OH is 1. The number of rotatable bonds is 5. The molecule has 0 radical (unpaired) electrons. The molecule has 1 aromatic carbocycles. The fourth-order valence-corrected chi connectivity index (χ4v) is 3.34. The normalized spacial score (nSPS) is 25.2. The molecule has 1 nitrogen and oxygen atoms in total. The van der Waals surface area contributed by atoms with Crippen molar-refractivity contribution >= 4 is 0 Å². The van der Waals surface area contributed by atoms with Crippen LogP contribution in [0.15, 0.2) is 24.3 Å². The lowest BCUT2D eigenvalue weighted by atomic mass is 9.77. The van der Waals surface area contributed by atoms with Crippen molar-refractivity contribution in [2.24, 2.45) is 11.8 Å². The molecule has 0 heterocycles. The van der Waals surface area contributed by atoms with Crippen molar-refractivity contribution in [3.63, 3.8) is 0 Å². The van der Waals surface area contributed by atoms with E-state index in [1.54, 1.807) is 6.07 Å². The van der Waals surface area contributed by atoms with Crippen LogP contribution in [0.2, 0.25) is 0 Å². The van der Waals surface area contributed by atoms with Gasteiger partial charge in [-0.05, 0) is 48.8 Å². The molecule has 106 valence electrons. The second-order valence-corrected chi connectivity index (χ2v) is 5.97. The van der Waals surface area contributed by atoms with E-state index in [0.717, 1.165) is 24.3 Å². The first-order chi connectivity index (χ1) is 9.19. The quantitative estimate of drug-likeness (QED) is 0.839. The topological polar surface area (TPSA) is 20.2 Å². The average Bonchev–Trinajstić information content (AvgIpc) is 2.40. The molecule has 1 aliphatic rings. The molecule has 0 aromatic heterocycles. The van der Waals surface area contributed by atoms with Crippen LogP contribution >= 0.6 is 0 Å². The standard InChI is InChI=1S/C17H25FO/c1-2-4-13-7-9-15(10-8-13)17(19)12-14-5-3-6-16(18)11-14/h3,5-6,11,13,15,17,19H,2,4,7-10,12H2,1H3. The van der Waals surface area contributed by atoms with Gasteiger partial charge in [-0.1, -0.05) is 44.7 Å². The molecule has 1 aromatic rings. The van der Waals surface area contributed by atoms with E-state index in [9.17, 15) is 9.50 Å². The molecule has 0 spiro atoms. The Labute approximate surface area is 115 Å². The highest BCUT2D eigenvalue weighted by Crippen LogP contribution is 2.34. The third-order valence-corrected chi connectivity index (χ3v) is 4.47. The predicted molar refractivity (Wildman–Crippen MR) is 76.5 cm³/mol. The minimum Gasteiger partial charge on any atom is -0.392 e.